The van der Waals surface area contributed by atoms with E-state index in [0.29, 0.717) is 17.8 Å². The van der Waals surface area contributed by atoms with Crippen molar-refractivity contribution in [2.24, 2.45) is 0 Å². The van der Waals surface area contributed by atoms with E-state index in [2.05, 4.69) is 4.42 Å². The molecule has 0 amide bonds. The maximum absolute atomic E-state index is 9.77. The third-order valence-corrected chi connectivity index (χ3v) is 1.42. The number of carbonyl (C=O) groups excluding carboxylic acids is 2. The van der Waals surface area contributed by atoms with Gasteiger partial charge < -0.3 is 14.3 Å². The van der Waals surface area contributed by atoms with Gasteiger partial charge in [-0.05, 0) is 24.3 Å². The van der Waals surface area contributed by atoms with Gasteiger partial charge in [0.1, 0.15) is 12.5 Å². The zero-order valence-corrected chi connectivity index (χ0v) is 8.58. The number of para-hydroxylation sites is 1. The van der Waals surface area contributed by atoms with Crippen molar-refractivity contribution < 1.29 is 19.1 Å². The van der Waals surface area contributed by atoms with Gasteiger partial charge in [-0.1, -0.05) is 18.2 Å². The molecular weight excluding hydrogens is 208 g/mol. The second-order valence-electron chi connectivity index (χ2n) is 2.47. The average molecular weight is 220 g/mol. The molecule has 0 atom stereocenters. The van der Waals surface area contributed by atoms with Crippen LogP contribution in [0.25, 0.3) is 0 Å². The first-order valence-electron chi connectivity index (χ1n) is 4.34. The highest BCUT2D eigenvalue weighted by atomic mass is 16.3. The van der Waals surface area contributed by atoms with Crippen LogP contribution in [0, 0.1) is 0 Å². The molecule has 4 nitrogen and oxygen atoms in total. The molecule has 0 fully saturated rings. The van der Waals surface area contributed by atoms with Crippen LogP contribution in [0.2, 0.25) is 0 Å². The lowest BCUT2D eigenvalue weighted by Gasteiger charge is -1.82. The van der Waals surface area contributed by atoms with Gasteiger partial charge in [0.05, 0.1) is 6.26 Å². The highest BCUT2D eigenvalue weighted by molar-refractivity contribution is 5.69. The fourth-order valence-electron chi connectivity index (χ4n) is 0.786. The standard InChI is InChI=1S/C6H6O.C5H4O2.CH2O/c7-6-4-2-1-3-5-6;6-4-5-2-1-3-7-5;1-2/h1-5,7H;1-4H;1H2. The molecule has 1 aromatic carbocycles. The van der Waals surface area contributed by atoms with E-state index < -0.39 is 0 Å². The van der Waals surface area contributed by atoms with Gasteiger partial charge in [-0.25, -0.2) is 0 Å². The molecule has 0 unspecified atom stereocenters. The maximum Gasteiger partial charge on any atom is 0.185 e. The van der Waals surface area contributed by atoms with Crippen molar-refractivity contribution in [3.63, 3.8) is 0 Å². The third-order valence-electron chi connectivity index (χ3n) is 1.42. The molecular formula is C12H12O4. The van der Waals surface area contributed by atoms with Crippen LogP contribution in [0.4, 0.5) is 0 Å². The van der Waals surface area contributed by atoms with Crippen molar-refractivity contribution in [2.75, 3.05) is 0 Å². The normalized spacial score (nSPS) is 7.75. The van der Waals surface area contributed by atoms with E-state index in [-0.39, 0.29) is 0 Å². The zero-order chi connectivity index (χ0) is 12.2. The fourth-order valence-corrected chi connectivity index (χ4v) is 0.786. The average Bonchev–Trinajstić information content (AvgIpc) is 2.86. The number of aromatic hydroxyl groups is 1. The summed E-state index contributed by atoms with van der Waals surface area (Å²) in [6.45, 7) is 2.00. The van der Waals surface area contributed by atoms with Crippen LogP contribution in [-0.4, -0.2) is 18.2 Å². The largest absolute Gasteiger partial charge is 0.508 e. The van der Waals surface area contributed by atoms with Gasteiger partial charge in [0.25, 0.3) is 0 Å². The molecule has 0 spiro atoms. The van der Waals surface area contributed by atoms with Crippen LogP contribution < -0.4 is 0 Å². The van der Waals surface area contributed by atoms with E-state index in [0.717, 1.165) is 0 Å². The summed E-state index contributed by atoms with van der Waals surface area (Å²) in [6.07, 6.45) is 2.13. The highest BCUT2D eigenvalue weighted by Crippen LogP contribution is 2.02. The summed E-state index contributed by atoms with van der Waals surface area (Å²) < 4.78 is 4.61. The van der Waals surface area contributed by atoms with Crippen molar-refractivity contribution in [2.45, 2.75) is 0 Å². The van der Waals surface area contributed by atoms with Crippen molar-refractivity contribution >= 4 is 13.1 Å². The summed E-state index contributed by atoms with van der Waals surface area (Å²) in [7, 11) is 0. The predicted molar refractivity (Wildman–Crippen MR) is 59.3 cm³/mol. The Labute approximate surface area is 93.1 Å². The molecule has 1 heterocycles. The Morgan fingerprint density at radius 1 is 1.06 bits per heavy atom. The lowest BCUT2D eigenvalue weighted by Crippen LogP contribution is -1.65. The molecule has 0 aliphatic rings. The minimum atomic E-state index is 0.322. The topological polar surface area (TPSA) is 67.5 Å². The summed E-state index contributed by atoms with van der Waals surface area (Å²) >= 11 is 0. The van der Waals surface area contributed by atoms with Crippen LogP contribution in [0.5, 0.6) is 5.75 Å². The molecule has 84 valence electrons. The molecule has 0 saturated carbocycles. The van der Waals surface area contributed by atoms with E-state index in [9.17, 15) is 4.79 Å². The van der Waals surface area contributed by atoms with Gasteiger partial charge in [-0.2, -0.15) is 0 Å². The van der Waals surface area contributed by atoms with Gasteiger partial charge in [-0.3, -0.25) is 4.79 Å². The molecule has 1 N–H and O–H groups in total. The van der Waals surface area contributed by atoms with E-state index in [1.807, 2.05) is 12.9 Å². The van der Waals surface area contributed by atoms with Gasteiger partial charge in [0.15, 0.2) is 12.0 Å². The first kappa shape index (κ1) is 13.6. The second-order valence-corrected chi connectivity index (χ2v) is 2.47. The SMILES string of the molecule is C=O.O=Cc1ccco1.Oc1ccccc1. The molecule has 0 radical (unpaired) electrons. The summed E-state index contributed by atoms with van der Waals surface area (Å²) in [5.41, 5.74) is 0. The van der Waals surface area contributed by atoms with Gasteiger partial charge >= 0.3 is 0 Å². The Bertz CT molecular complexity index is 367. The minimum Gasteiger partial charge on any atom is -0.508 e. The summed E-state index contributed by atoms with van der Waals surface area (Å²) in [5.74, 6) is 0.697. The highest BCUT2D eigenvalue weighted by Gasteiger charge is 1.84. The molecule has 0 aliphatic carbocycles. The molecule has 0 aliphatic heterocycles. The van der Waals surface area contributed by atoms with Gasteiger partial charge in [0.2, 0.25) is 0 Å². The monoisotopic (exact) mass is 220 g/mol. The number of carbonyl (C=O) groups is 2. The van der Waals surface area contributed by atoms with Gasteiger partial charge in [0, 0.05) is 0 Å². The molecule has 2 aromatic rings. The van der Waals surface area contributed by atoms with E-state index in [1.54, 1.807) is 36.4 Å². The number of rotatable bonds is 1. The maximum atomic E-state index is 9.77. The Morgan fingerprint density at radius 3 is 1.94 bits per heavy atom. The molecule has 0 saturated heterocycles. The van der Waals surface area contributed by atoms with Crippen molar-refractivity contribution in [1.29, 1.82) is 0 Å². The zero-order valence-electron chi connectivity index (χ0n) is 8.58. The number of benzene rings is 1. The minimum absolute atomic E-state index is 0.322. The first-order valence-corrected chi connectivity index (χ1v) is 4.34. The fraction of sp³-hybridized carbons (Fsp3) is 0. The quantitative estimate of drug-likeness (QED) is 0.749. The molecule has 16 heavy (non-hydrogen) atoms. The van der Waals surface area contributed by atoms with E-state index >= 15 is 0 Å². The molecule has 2 rings (SSSR count). The Hall–Kier alpha value is -2.36. The van der Waals surface area contributed by atoms with Crippen molar-refractivity contribution in [3.05, 3.63) is 54.5 Å². The first-order chi connectivity index (χ1) is 7.83. The van der Waals surface area contributed by atoms with E-state index in [1.165, 1.54) is 6.26 Å². The number of furan rings is 1. The number of hydrogen-bond donors (Lipinski definition) is 1. The molecule has 0 bridgehead atoms. The predicted octanol–water partition coefficient (Wildman–Crippen LogP) is 2.30. The lowest BCUT2D eigenvalue weighted by atomic mass is 10.3. The third kappa shape index (κ3) is 6.15. The lowest BCUT2D eigenvalue weighted by molar-refractivity contribution is -0.0979. The Balaban J connectivity index is 0.000000244. The summed E-state index contributed by atoms with van der Waals surface area (Å²) in [6, 6.07) is 12.0. The molecule has 1 aromatic heterocycles. The van der Waals surface area contributed by atoms with Crippen LogP contribution in [0.3, 0.4) is 0 Å². The number of hydrogen-bond acceptors (Lipinski definition) is 4. The van der Waals surface area contributed by atoms with Crippen molar-refractivity contribution in [3.8, 4) is 5.75 Å². The Kier molecular flexibility index (Phi) is 7.85. The van der Waals surface area contributed by atoms with Crippen LogP contribution in [-0.2, 0) is 4.79 Å². The second kappa shape index (κ2) is 9.21. The summed E-state index contributed by atoms with van der Waals surface area (Å²) in [5, 5.41) is 8.63. The molecule has 4 heteroatoms. The van der Waals surface area contributed by atoms with E-state index in [4.69, 9.17) is 9.90 Å². The van der Waals surface area contributed by atoms with Gasteiger partial charge in [-0.15, -0.1) is 0 Å². The van der Waals surface area contributed by atoms with Crippen LogP contribution >= 0.6 is 0 Å². The van der Waals surface area contributed by atoms with Crippen LogP contribution in [0.1, 0.15) is 10.6 Å². The number of phenols is 1. The smallest absolute Gasteiger partial charge is 0.185 e. The van der Waals surface area contributed by atoms with Crippen molar-refractivity contribution in [1.82, 2.24) is 0 Å². The number of phenolic OH excluding ortho intramolecular Hbond substituents is 1. The van der Waals surface area contributed by atoms with Crippen LogP contribution in [0.15, 0.2) is 53.1 Å². The number of aldehydes is 1. The summed E-state index contributed by atoms with van der Waals surface area (Å²) in [4.78, 5) is 17.8. The Morgan fingerprint density at radius 2 is 1.69 bits per heavy atom.